The van der Waals surface area contributed by atoms with Gasteiger partial charge in [0.05, 0.1) is 6.21 Å². The van der Waals surface area contributed by atoms with Crippen LogP contribution in [0.2, 0.25) is 0 Å². The number of halogens is 1. The molecule has 0 amide bonds. The van der Waals surface area contributed by atoms with Crippen molar-refractivity contribution in [3.63, 3.8) is 0 Å². The molecule has 0 radical (unpaired) electrons. The van der Waals surface area contributed by atoms with Crippen LogP contribution in [-0.4, -0.2) is 21.1 Å². The van der Waals surface area contributed by atoms with Gasteiger partial charge in [-0.3, -0.25) is 0 Å². The minimum absolute atomic E-state index is 0.331. The van der Waals surface area contributed by atoms with E-state index in [1.54, 1.807) is 18.3 Å². The maximum absolute atomic E-state index is 13.5. The van der Waals surface area contributed by atoms with Crippen LogP contribution in [0.15, 0.2) is 84.0 Å². The van der Waals surface area contributed by atoms with E-state index in [0.717, 1.165) is 16.9 Å². The standard InChI is InChI=1S/C21H16FN5S/c22-17-6-4-5-16(13-17)20-25-26-21(28)27(20)23-14-15-9-11-19(12-10-15)24-18-7-2-1-3-8-18/h1-14,24H,(H,26,28)/b23-14-. The summed E-state index contributed by atoms with van der Waals surface area (Å²) in [6.07, 6.45) is 1.68. The molecule has 4 rings (SSSR count). The Balaban J connectivity index is 1.55. The molecule has 0 saturated heterocycles. The SMILES string of the molecule is Fc1cccc(-c2n[nH]c(=S)n2/N=C\c2ccc(Nc3ccccc3)cc2)c1. The molecule has 0 spiro atoms. The van der Waals surface area contributed by atoms with Gasteiger partial charge in [-0.1, -0.05) is 42.5 Å². The van der Waals surface area contributed by atoms with Crippen molar-refractivity contribution in [3.05, 3.63) is 95.0 Å². The van der Waals surface area contributed by atoms with Crippen LogP contribution in [0.4, 0.5) is 15.8 Å². The second kappa shape index (κ2) is 7.98. The van der Waals surface area contributed by atoms with Gasteiger partial charge in [-0.05, 0) is 54.2 Å². The maximum atomic E-state index is 13.5. The number of rotatable bonds is 5. The maximum Gasteiger partial charge on any atom is 0.216 e. The summed E-state index contributed by atoms with van der Waals surface area (Å²) in [7, 11) is 0. The number of para-hydroxylation sites is 1. The van der Waals surface area contributed by atoms with E-state index in [1.807, 2.05) is 54.6 Å². The highest BCUT2D eigenvalue weighted by atomic mass is 32.1. The van der Waals surface area contributed by atoms with E-state index in [2.05, 4.69) is 20.6 Å². The summed E-state index contributed by atoms with van der Waals surface area (Å²) >= 11 is 5.24. The smallest absolute Gasteiger partial charge is 0.216 e. The summed E-state index contributed by atoms with van der Waals surface area (Å²) < 4.78 is 15.3. The first-order chi connectivity index (χ1) is 13.7. The van der Waals surface area contributed by atoms with Crippen molar-refractivity contribution in [3.8, 4) is 11.4 Å². The van der Waals surface area contributed by atoms with Crippen molar-refractivity contribution in [2.24, 2.45) is 5.10 Å². The largest absolute Gasteiger partial charge is 0.356 e. The molecule has 0 aliphatic rings. The molecule has 5 nitrogen and oxygen atoms in total. The van der Waals surface area contributed by atoms with Gasteiger partial charge in [-0.25, -0.2) is 9.49 Å². The predicted molar refractivity (Wildman–Crippen MR) is 112 cm³/mol. The summed E-state index contributed by atoms with van der Waals surface area (Å²) in [4.78, 5) is 0. The number of hydrogen-bond acceptors (Lipinski definition) is 4. The van der Waals surface area contributed by atoms with Crippen LogP contribution >= 0.6 is 12.2 Å². The average Bonchev–Trinajstić information content (AvgIpc) is 3.09. The van der Waals surface area contributed by atoms with Gasteiger partial charge in [0.15, 0.2) is 5.82 Å². The number of anilines is 2. The molecule has 1 aromatic heterocycles. The molecular weight excluding hydrogens is 373 g/mol. The topological polar surface area (TPSA) is 58.0 Å². The van der Waals surface area contributed by atoms with Crippen LogP contribution < -0.4 is 5.32 Å². The zero-order valence-electron chi connectivity index (χ0n) is 14.7. The minimum Gasteiger partial charge on any atom is -0.356 e. The van der Waals surface area contributed by atoms with Crippen molar-refractivity contribution < 1.29 is 4.39 Å². The Bertz CT molecular complexity index is 1160. The van der Waals surface area contributed by atoms with Crippen LogP contribution in [0, 0.1) is 10.6 Å². The fourth-order valence-corrected chi connectivity index (χ4v) is 2.86. The van der Waals surface area contributed by atoms with Gasteiger partial charge in [-0.15, -0.1) is 0 Å². The lowest BCUT2D eigenvalue weighted by Crippen LogP contribution is -1.96. The Morgan fingerprint density at radius 1 is 0.964 bits per heavy atom. The second-order valence-electron chi connectivity index (χ2n) is 6.03. The Kier molecular flexibility index (Phi) is 5.07. The third-order valence-electron chi connectivity index (χ3n) is 4.03. The van der Waals surface area contributed by atoms with Gasteiger partial charge in [0.25, 0.3) is 0 Å². The molecule has 0 atom stereocenters. The van der Waals surface area contributed by atoms with Crippen LogP contribution in [0.1, 0.15) is 5.56 Å². The number of benzene rings is 3. The lowest BCUT2D eigenvalue weighted by atomic mass is 10.2. The van der Waals surface area contributed by atoms with E-state index in [-0.39, 0.29) is 5.82 Å². The lowest BCUT2D eigenvalue weighted by molar-refractivity contribution is 0.628. The highest BCUT2D eigenvalue weighted by Crippen LogP contribution is 2.19. The van der Waals surface area contributed by atoms with Gasteiger partial charge in [0.2, 0.25) is 4.77 Å². The third kappa shape index (κ3) is 4.05. The highest BCUT2D eigenvalue weighted by Gasteiger charge is 2.08. The van der Waals surface area contributed by atoms with E-state index in [0.29, 0.717) is 16.2 Å². The summed E-state index contributed by atoms with van der Waals surface area (Å²) in [5, 5.41) is 14.6. The van der Waals surface area contributed by atoms with Crippen molar-refractivity contribution in [1.82, 2.24) is 14.9 Å². The number of hydrogen-bond donors (Lipinski definition) is 2. The Labute approximate surface area is 166 Å². The van der Waals surface area contributed by atoms with Crippen molar-refractivity contribution in [2.75, 3.05) is 5.32 Å². The monoisotopic (exact) mass is 389 g/mol. The Hall–Kier alpha value is -3.58. The summed E-state index contributed by atoms with van der Waals surface area (Å²) in [6.45, 7) is 0. The molecule has 0 bridgehead atoms. The molecule has 0 aliphatic heterocycles. The highest BCUT2D eigenvalue weighted by molar-refractivity contribution is 7.71. The molecule has 2 N–H and O–H groups in total. The first kappa shape index (κ1) is 17.8. The molecule has 0 fully saturated rings. The third-order valence-corrected chi connectivity index (χ3v) is 4.29. The van der Waals surface area contributed by atoms with Gasteiger partial charge in [0, 0.05) is 16.9 Å². The molecule has 0 saturated carbocycles. The molecule has 28 heavy (non-hydrogen) atoms. The molecular formula is C21H16FN5S. The van der Waals surface area contributed by atoms with Gasteiger partial charge in [0.1, 0.15) is 5.82 Å². The molecule has 3 aromatic carbocycles. The van der Waals surface area contributed by atoms with Crippen LogP contribution in [-0.2, 0) is 0 Å². The summed E-state index contributed by atoms with van der Waals surface area (Å²) in [5.41, 5.74) is 3.48. The zero-order valence-corrected chi connectivity index (χ0v) is 15.5. The van der Waals surface area contributed by atoms with E-state index in [4.69, 9.17) is 12.2 Å². The lowest BCUT2D eigenvalue weighted by Gasteiger charge is -2.06. The minimum atomic E-state index is -0.344. The van der Waals surface area contributed by atoms with E-state index in [9.17, 15) is 4.39 Å². The number of H-pyrrole nitrogens is 1. The molecule has 7 heteroatoms. The molecule has 4 aromatic rings. The Morgan fingerprint density at radius 2 is 1.71 bits per heavy atom. The van der Waals surface area contributed by atoms with Crippen LogP contribution in [0.5, 0.6) is 0 Å². The van der Waals surface area contributed by atoms with Crippen molar-refractivity contribution >= 4 is 29.8 Å². The van der Waals surface area contributed by atoms with Gasteiger partial charge < -0.3 is 5.32 Å². The van der Waals surface area contributed by atoms with Gasteiger partial charge >= 0.3 is 0 Å². The number of nitrogens with zero attached hydrogens (tertiary/aromatic N) is 3. The fourth-order valence-electron chi connectivity index (χ4n) is 2.68. The number of nitrogens with one attached hydrogen (secondary N) is 2. The predicted octanol–water partition coefficient (Wildman–Crippen LogP) is 5.37. The number of aromatic nitrogens is 3. The van der Waals surface area contributed by atoms with Crippen LogP contribution in [0.3, 0.4) is 0 Å². The fraction of sp³-hybridized carbons (Fsp3) is 0. The average molecular weight is 389 g/mol. The normalized spacial score (nSPS) is 11.0. The molecule has 0 unspecified atom stereocenters. The first-order valence-corrected chi connectivity index (χ1v) is 9.00. The summed E-state index contributed by atoms with van der Waals surface area (Å²) in [5.74, 6) is 0.103. The first-order valence-electron chi connectivity index (χ1n) is 8.59. The zero-order chi connectivity index (χ0) is 19.3. The molecule has 0 aliphatic carbocycles. The van der Waals surface area contributed by atoms with E-state index in [1.165, 1.54) is 16.8 Å². The molecule has 1 heterocycles. The van der Waals surface area contributed by atoms with Crippen molar-refractivity contribution in [1.29, 1.82) is 0 Å². The number of aromatic amines is 1. The quantitative estimate of drug-likeness (QED) is 0.356. The van der Waals surface area contributed by atoms with Crippen molar-refractivity contribution in [2.45, 2.75) is 0 Å². The second-order valence-corrected chi connectivity index (χ2v) is 6.42. The molecule has 138 valence electrons. The van der Waals surface area contributed by atoms with Crippen LogP contribution in [0.25, 0.3) is 11.4 Å². The summed E-state index contributed by atoms with van der Waals surface area (Å²) in [6, 6.07) is 23.9. The van der Waals surface area contributed by atoms with Gasteiger partial charge in [-0.2, -0.15) is 14.9 Å². The van der Waals surface area contributed by atoms with E-state index < -0.39 is 0 Å². The van der Waals surface area contributed by atoms with E-state index >= 15 is 0 Å². The Morgan fingerprint density at radius 3 is 2.46 bits per heavy atom.